The second kappa shape index (κ2) is 5.72. The highest BCUT2D eigenvalue weighted by molar-refractivity contribution is 6.31. The Morgan fingerprint density at radius 3 is 2.67 bits per heavy atom. The fraction of sp³-hybridized carbons (Fsp3) is 0.167. The molecule has 0 unspecified atom stereocenters. The first-order valence-corrected chi connectivity index (χ1v) is 5.99. The summed E-state index contributed by atoms with van der Waals surface area (Å²) < 4.78 is 51.0. The molecular weight excluding hydrogens is 314 g/mol. The monoisotopic (exact) mass is 321 g/mol. The summed E-state index contributed by atoms with van der Waals surface area (Å²) in [6.45, 7) is -0.0760. The van der Waals surface area contributed by atoms with E-state index in [-0.39, 0.29) is 22.9 Å². The van der Waals surface area contributed by atoms with Gasteiger partial charge in [-0.25, -0.2) is 4.39 Å². The molecule has 112 valence electrons. The number of carbonyl (C=O) groups excluding carboxylic acids is 1. The Hall–Kier alpha value is -2.09. The van der Waals surface area contributed by atoms with E-state index in [2.05, 4.69) is 5.10 Å². The van der Waals surface area contributed by atoms with Crippen molar-refractivity contribution in [3.63, 3.8) is 0 Å². The van der Waals surface area contributed by atoms with Crippen molar-refractivity contribution in [1.29, 1.82) is 0 Å². The Kier molecular flexibility index (Phi) is 4.17. The Bertz CT molecular complexity index is 649. The standard InChI is InChI=1S/C12H8ClF4N3O/c13-8-2-1-3-9(14)7(8)6-20-5-4-10(19-20)18-11(21)12(15,16)17/h1-5H,6H2,(H,18,19,21). The second-order valence-electron chi connectivity index (χ2n) is 4.05. The van der Waals surface area contributed by atoms with Gasteiger partial charge in [-0.15, -0.1) is 0 Å². The van der Waals surface area contributed by atoms with E-state index in [0.717, 1.165) is 4.68 Å². The molecule has 2 aromatic rings. The van der Waals surface area contributed by atoms with Crippen LogP contribution in [0.15, 0.2) is 30.5 Å². The van der Waals surface area contributed by atoms with E-state index < -0.39 is 17.9 Å². The van der Waals surface area contributed by atoms with Crippen molar-refractivity contribution in [2.45, 2.75) is 12.7 Å². The van der Waals surface area contributed by atoms with Crippen LogP contribution in [-0.4, -0.2) is 21.9 Å². The molecule has 0 aliphatic heterocycles. The Balaban J connectivity index is 2.12. The zero-order valence-electron chi connectivity index (χ0n) is 10.3. The van der Waals surface area contributed by atoms with Gasteiger partial charge in [-0.3, -0.25) is 9.48 Å². The molecule has 0 saturated carbocycles. The average molecular weight is 322 g/mol. The predicted molar refractivity (Wildman–Crippen MR) is 67.4 cm³/mol. The molecule has 0 fully saturated rings. The molecule has 0 spiro atoms. The minimum atomic E-state index is -5.00. The van der Waals surface area contributed by atoms with Crippen LogP contribution in [0, 0.1) is 5.82 Å². The lowest BCUT2D eigenvalue weighted by molar-refractivity contribution is -0.167. The van der Waals surface area contributed by atoms with Gasteiger partial charge in [0.05, 0.1) is 6.54 Å². The number of rotatable bonds is 3. The van der Waals surface area contributed by atoms with Gasteiger partial charge in [-0.1, -0.05) is 17.7 Å². The summed E-state index contributed by atoms with van der Waals surface area (Å²) >= 11 is 5.83. The molecular formula is C12H8ClF4N3O. The van der Waals surface area contributed by atoms with Gasteiger partial charge < -0.3 is 5.32 Å². The van der Waals surface area contributed by atoms with E-state index in [1.54, 1.807) is 5.32 Å². The van der Waals surface area contributed by atoms with Crippen molar-refractivity contribution in [2.75, 3.05) is 5.32 Å². The molecule has 4 nitrogen and oxygen atoms in total. The maximum atomic E-state index is 13.6. The van der Waals surface area contributed by atoms with E-state index in [1.807, 2.05) is 0 Å². The average Bonchev–Trinajstić information content (AvgIpc) is 2.80. The van der Waals surface area contributed by atoms with Gasteiger partial charge >= 0.3 is 12.1 Å². The Morgan fingerprint density at radius 1 is 1.33 bits per heavy atom. The van der Waals surface area contributed by atoms with E-state index in [9.17, 15) is 22.4 Å². The lowest BCUT2D eigenvalue weighted by Crippen LogP contribution is -2.30. The fourth-order valence-corrected chi connectivity index (χ4v) is 1.77. The Morgan fingerprint density at radius 2 is 2.05 bits per heavy atom. The van der Waals surface area contributed by atoms with Crippen LogP contribution in [0.4, 0.5) is 23.4 Å². The molecule has 0 aliphatic carbocycles. The number of hydrogen-bond acceptors (Lipinski definition) is 2. The van der Waals surface area contributed by atoms with E-state index in [0.29, 0.717) is 0 Å². The highest BCUT2D eigenvalue weighted by atomic mass is 35.5. The van der Waals surface area contributed by atoms with Crippen LogP contribution in [0.5, 0.6) is 0 Å². The summed E-state index contributed by atoms with van der Waals surface area (Å²) in [4.78, 5) is 10.7. The number of aromatic nitrogens is 2. The third-order valence-corrected chi connectivity index (χ3v) is 2.88. The van der Waals surface area contributed by atoms with Gasteiger partial charge in [0.15, 0.2) is 5.82 Å². The molecule has 2 rings (SSSR count). The number of halogens is 5. The van der Waals surface area contributed by atoms with E-state index >= 15 is 0 Å². The van der Waals surface area contributed by atoms with Crippen molar-refractivity contribution in [3.8, 4) is 0 Å². The van der Waals surface area contributed by atoms with Gasteiger partial charge in [0.25, 0.3) is 0 Å². The molecule has 1 heterocycles. The molecule has 0 atom stereocenters. The highest BCUT2D eigenvalue weighted by Crippen LogP contribution is 2.21. The minimum absolute atomic E-state index is 0.0760. The van der Waals surface area contributed by atoms with Gasteiger partial charge in [-0.2, -0.15) is 18.3 Å². The molecule has 1 amide bonds. The molecule has 0 saturated heterocycles. The summed E-state index contributed by atoms with van der Waals surface area (Å²) in [6.07, 6.45) is -3.70. The first-order chi connectivity index (χ1) is 9.77. The van der Waals surface area contributed by atoms with Crippen molar-refractivity contribution in [3.05, 3.63) is 46.9 Å². The van der Waals surface area contributed by atoms with Crippen LogP contribution >= 0.6 is 11.6 Å². The summed E-state index contributed by atoms with van der Waals surface area (Å²) in [6, 6.07) is 5.28. The van der Waals surface area contributed by atoms with Crippen LogP contribution in [0.3, 0.4) is 0 Å². The second-order valence-corrected chi connectivity index (χ2v) is 4.46. The zero-order valence-corrected chi connectivity index (χ0v) is 11.0. The normalized spacial score (nSPS) is 11.5. The van der Waals surface area contributed by atoms with Crippen LogP contribution in [0.25, 0.3) is 0 Å². The SMILES string of the molecule is O=C(Nc1ccn(Cc2c(F)cccc2Cl)n1)C(F)(F)F. The molecule has 1 aromatic carbocycles. The molecule has 1 aromatic heterocycles. The number of anilines is 1. The largest absolute Gasteiger partial charge is 0.471 e. The van der Waals surface area contributed by atoms with Crippen molar-refractivity contribution in [2.24, 2.45) is 0 Å². The highest BCUT2D eigenvalue weighted by Gasteiger charge is 2.39. The van der Waals surface area contributed by atoms with Crippen LogP contribution in [0.1, 0.15) is 5.56 Å². The number of amides is 1. The third kappa shape index (κ3) is 3.72. The van der Waals surface area contributed by atoms with Crippen LogP contribution < -0.4 is 5.32 Å². The molecule has 9 heteroatoms. The zero-order chi connectivity index (χ0) is 15.6. The van der Waals surface area contributed by atoms with Gasteiger partial charge in [0, 0.05) is 22.8 Å². The summed E-state index contributed by atoms with van der Waals surface area (Å²) in [7, 11) is 0. The maximum absolute atomic E-state index is 13.6. The predicted octanol–water partition coefficient (Wildman–Crippen LogP) is 3.22. The molecule has 0 radical (unpaired) electrons. The van der Waals surface area contributed by atoms with Crippen molar-refractivity contribution >= 4 is 23.3 Å². The quantitative estimate of drug-likeness (QED) is 0.882. The lowest BCUT2D eigenvalue weighted by Gasteiger charge is -2.06. The van der Waals surface area contributed by atoms with Gasteiger partial charge in [0.2, 0.25) is 0 Å². The first kappa shape index (κ1) is 15.3. The number of carbonyl (C=O) groups is 1. The molecule has 21 heavy (non-hydrogen) atoms. The summed E-state index contributed by atoms with van der Waals surface area (Å²) in [5.74, 6) is -2.97. The smallest absolute Gasteiger partial charge is 0.301 e. The first-order valence-electron chi connectivity index (χ1n) is 5.62. The summed E-state index contributed by atoms with van der Waals surface area (Å²) in [5.41, 5.74) is 0.149. The number of nitrogens with one attached hydrogen (secondary N) is 1. The molecule has 0 aliphatic rings. The number of nitrogens with zero attached hydrogens (tertiary/aromatic N) is 2. The summed E-state index contributed by atoms with van der Waals surface area (Å²) in [5, 5.41) is 5.47. The van der Waals surface area contributed by atoms with Crippen LogP contribution in [-0.2, 0) is 11.3 Å². The minimum Gasteiger partial charge on any atom is -0.301 e. The third-order valence-electron chi connectivity index (χ3n) is 2.52. The Labute approximate surface area is 121 Å². The lowest BCUT2D eigenvalue weighted by atomic mass is 10.2. The van der Waals surface area contributed by atoms with Gasteiger partial charge in [0.1, 0.15) is 5.82 Å². The number of alkyl halides is 3. The number of benzene rings is 1. The van der Waals surface area contributed by atoms with Crippen molar-refractivity contribution in [1.82, 2.24) is 9.78 Å². The maximum Gasteiger partial charge on any atom is 0.471 e. The number of hydrogen-bond donors (Lipinski definition) is 1. The topological polar surface area (TPSA) is 46.9 Å². The molecule has 0 bridgehead atoms. The van der Waals surface area contributed by atoms with E-state index in [1.165, 1.54) is 30.5 Å². The van der Waals surface area contributed by atoms with E-state index in [4.69, 9.17) is 11.6 Å². The molecule has 1 N–H and O–H groups in total. The van der Waals surface area contributed by atoms with Gasteiger partial charge in [-0.05, 0) is 12.1 Å². The van der Waals surface area contributed by atoms with Crippen LogP contribution in [0.2, 0.25) is 5.02 Å². The fourth-order valence-electron chi connectivity index (χ4n) is 1.55. The van der Waals surface area contributed by atoms with Crippen molar-refractivity contribution < 1.29 is 22.4 Å².